The Morgan fingerprint density at radius 1 is 0.700 bits per heavy atom. The predicted molar refractivity (Wildman–Crippen MR) is 123 cm³/mol. The van der Waals surface area contributed by atoms with Crippen LogP contribution in [-0.2, 0) is 19.0 Å². The largest absolute Gasteiger partial charge is 0.453 e. The molecule has 11 heteroatoms. The summed E-state index contributed by atoms with van der Waals surface area (Å²) in [6.07, 6.45) is -0.683. The summed E-state index contributed by atoms with van der Waals surface area (Å²) >= 11 is 0. The number of likely N-dealkylation sites (N-methyl/N-ethyl adjacent to an activating group) is 2. The Morgan fingerprint density at radius 2 is 1.03 bits per heavy atom. The van der Waals surface area contributed by atoms with Crippen molar-refractivity contribution in [3.63, 3.8) is 0 Å². The van der Waals surface area contributed by atoms with E-state index in [2.05, 4.69) is 24.8 Å². The maximum atomic E-state index is 10.9. The van der Waals surface area contributed by atoms with E-state index in [1.54, 1.807) is 21.1 Å². The van der Waals surface area contributed by atoms with Crippen LogP contribution in [0.5, 0.6) is 0 Å². The summed E-state index contributed by atoms with van der Waals surface area (Å²) in [5.74, 6) is 0.0926. The van der Waals surface area contributed by atoms with Crippen molar-refractivity contribution in [3.05, 3.63) is 0 Å². The lowest BCUT2D eigenvalue weighted by Gasteiger charge is -2.20. The number of nitrogens with zero attached hydrogens (tertiary/aromatic N) is 2. The highest BCUT2D eigenvalue weighted by Crippen LogP contribution is 1.92. The zero-order valence-electron chi connectivity index (χ0n) is 16.9. The lowest BCUT2D eigenvalue weighted by Crippen LogP contribution is -2.37. The first kappa shape index (κ1) is 45.8. The van der Waals surface area contributed by atoms with E-state index in [1.165, 1.54) is 38.2 Å². The van der Waals surface area contributed by atoms with Crippen LogP contribution in [-0.4, -0.2) is 96.6 Å². The van der Waals surface area contributed by atoms with Crippen molar-refractivity contribution in [2.45, 2.75) is 43.1 Å². The molecule has 0 fully saturated rings. The third-order valence-corrected chi connectivity index (χ3v) is 2.73. The normalized spacial score (nSPS) is 7.20. The molecular formula is C19H48N4O7. The standard InChI is InChI=1S/C8H16N2O4.C4H9NO.C3H7NO2.4CH4/c1-9(7(11)13-3)5-6-10(2)8(12)14-4;1-3-4(6)5-2;1-4-3(5)6-2;;;;/h5-6H2,1-4H3;3H2,1-2H3,(H,5,6);1-2H3,(H,4,5);4*1H4. The molecule has 0 aliphatic rings. The molecule has 11 nitrogen and oxygen atoms in total. The minimum atomic E-state index is -0.428. The first-order chi connectivity index (χ1) is 12.1. The van der Waals surface area contributed by atoms with Gasteiger partial charge in [-0.2, -0.15) is 0 Å². The maximum absolute atomic E-state index is 10.9. The molecule has 0 aromatic rings. The van der Waals surface area contributed by atoms with Crippen molar-refractivity contribution in [2.75, 3.05) is 62.6 Å². The van der Waals surface area contributed by atoms with E-state index >= 15 is 0 Å². The Labute approximate surface area is 184 Å². The second kappa shape index (κ2) is 31.0. The summed E-state index contributed by atoms with van der Waals surface area (Å²) in [6.45, 7) is 2.62. The molecule has 0 heterocycles. The molecule has 186 valence electrons. The fourth-order valence-corrected chi connectivity index (χ4v) is 1.07. The van der Waals surface area contributed by atoms with Gasteiger partial charge in [0.25, 0.3) is 0 Å². The van der Waals surface area contributed by atoms with Gasteiger partial charge in [-0.3, -0.25) is 4.79 Å². The maximum Gasteiger partial charge on any atom is 0.409 e. The van der Waals surface area contributed by atoms with Crippen LogP contribution in [0.3, 0.4) is 0 Å². The molecule has 0 rings (SSSR count). The molecule has 0 aromatic carbocycles. The molecule has 0 aliphatic carbocycles. The Morgan fingerprint density at radius 3 is 1.13 bits per heavy atom. The first-order valence-corrected chi connectivity index (χ1v) is 7.69. The van der Waals surface area contributed by atoms with Crippen molar-refractivity contribution in [1.82, 2.24) is 20.4 Å². The fourth-order valence-electron chi connectivity index (χ4n) is 1.07. The van der Waals surface area contributed by atoms with Gasteiger partial charge in [0.05, 0.1) is 21.3 Å². The molecule has 0 aromatic heterocycles. The van der Waals surface area contributed by atoms with Crippen molar-refractivity contribution in [1.29, 1.82) is 0 Å². The molecule has 0 unspecified atom stereocenters. The minimum absolute atomic E-state index is 0. The van der Waals surface area contributed by atoms with Gasteiger partial charge in [0.1, 0.15) is 0 Å². The topological polar surface area (TPSA) is 127 Å². The minimum Gasteiger partial charge on any atom is -0.453 e. The SMILES string of the molecule is C.C.C.C.CCC(=O)NC.CNC(=O)OC.COC(=O)N(C)CCN(C)C(=O)OC. The van der Waals surface area contributed by atoms with Gasteiger partial charge >= 0.3 is 18.3 Å². The van der Waals surface area contributed by atoms with Crippen LogP contribution < -0.4 is 10.6 Å². The number of nitrogens with one attached hydrogen (secondary N) is 2. The van der Waals surface area contributed by atoms with E-state index in [1.807, 2.05) is 6.92 Å². The average Bonchev–Trinajstić information content (AvgIpc) is 2.69. The van der Waals surface area contributed by atoms with Crippen molar-refractivity contribution in [2.24, 2.45) is 0 Å². The third-order valence-electron chi connectivity index (χ3n) is 2.73. The smallest absolute Gasteiger partial charge is 0.409 e. The number of ether oxygens (including phenoxy) is 3. The summed E-state index contributed by atoms with van der Waals surface area (Å²) in [4.78, 5) is 44.5. The Balaban J connectivity index is -0.0000000565. The number of carbonyl (C=O) groups is 4. The number of amides is 4. The molecule has 30 heavy (non-hydrogen) atoms. The second-order valence-electron chi connectivity index (χ2n) is 4.55. The van der Waals surface area contributed by atoms with Crippen molar-refractivity contribution in [3.8, 4) is 0 Å². The zero-order chi connectivity index (χ0) is 21.1. The summed E-state index contributed by atoms with van der Waals surface area (Å²) in [7, 11) is 10.3. The van der Waals surface area contributed by atoms with E-state index < -0.39 is 18.3 Å². The molecule has 0 saturated heterocycles. The van der Waals surface area contributed by atoms with Crippen LogP contribution in [0.25, 0.3) is 0 Å². The second-order valence-corrected chi connectivity index (χ2v) is 4.55. The number of methoxy groups -OCH3 is 3. The van der Waals surface area contributed by atoms with Gasteiger partial charge in [-0.25, -0.2) is 14.4 Å². The molecule has 0 bridgehead atoms. The molecule has 0 spiro atoms. The molecule has 0 saturated carbocycles. The quantitative estimate of drug-likeness (QED) is 0.638. The Hall–Kier alpha value is -2.72. The molecule has 4 amide bonds. The van der Waals surface area contributed by atoms with Crippen LogP contribution in [0.2, 0.25) is 0 Å². The van der Waals surface area contributed by atoms with Crippen LogP contribution in [0.4, 0.5) is 14.4 Å². The predicted octanol–water partition coefficient (Wildman–Crippen LogP) is 3.04. The summed E-state index contributed by atoms with van der Waals surface area (Å²) in [5.41, 5.74) is 0. The summed E-state index contributed by atoms with van der Waals surface area (Å²) in [6, 6.07) is 0. The highest BCUT2D eigenvalue weighted by molar-refractivity contribution is 5.75. The zero-order valence-corrected chi connectivity index (χ0v) is 16.9. The van der Waals surface area contributed by atoms with Gasteiger partial charge in [0.2, 0.25) is 5.91 Å². The van der Waals surface area contributed by atoms with Gasteiger partial charge in [0, 0.05) is 47.7 Å². The van der Waals surface area contributed by atoms with Crippen LogP contribution in [0.1, 0.15) is 43.1 Å². The molecule has 2 N–H and O–H groups in total. The van der Waals surface area contributed by atoms with Gasteiger partial charge in [-0.15, -0.1) is 0 Å². The molecule has 0 radical (unpaired) electrons. The number of rotatable bonds is 4. The lowest BCUT2D eigenvalue weighted by molar-refractivity contribution is -0.120. The van der Waals surface area contributed by atoms with Gasteiger partial charge in [-0.1, -0.05) is 36.6 Å². The fraction of sp³-hybridized carbons (Fsp3) is 0.789. The highest BCUT2D eigenvalue weighted by Gasteiger charge is 2.12. The Bertz CT molecular complexity index is 372. The van der Waals surface area contributed by atoms with Crippen molar-refractivity contribution < 1.29 is 33.4 Å². The van der Waals surface area contributed by atoms with E-state index in [0.29, 0.717) is 19.5 Å². The van der Waals surface area contributed by atoms with Gasteiger partial charge < -0.3 is 34.6 Å². The van der Waals surface area contributed by atoms with Gasteiger partial charge in [0.15, 0.2) is 0 Å². The Kier molecular flexibility index (Phi) is 47.3. The molecule has 0 aliphatic heterocycles. The first-order valence-electron chi connectivity index (χ1n) is 7.69. The summed E-state index contributed by atoms with van der Waals surface area (Å²) in [5, 5.41) is 4.73. The highest BCUT2D eigenvalue weighted by atomic mass is 16.5. The number of hydrogen-bond donors (Lipinski definition) is 2. The van der Waals surface area contributed by atoms with E-state index in [4.69, 9.17) is 0 Å². The monoisotopic (exact) mass is 444 g/mol. The average molecular weight is 445 g/mol. The van der Waals surface area contributed by atoms with E-state index in [-0.39, 0.29) is 35.6 Å². The van der Waals surface area contributed by atoms with E-state index in [0.717, 1.165) is 0 Å². The number of alkyl carbamates (subject to hydrolysis) is 1. The van der Waals surface area contributed by atoms with Crippen LogP contribution in [0, 0.1) is 0 Å². The number of hydrogen-bond acceptors (Lipinski definition) is 7. The van der Waals surface area contributed by atoms with Crippen LogP contribution >= 0.6 is 0 Å². The van der Waals surface area contributed by atoms with E-state index in [9.17, 15) is 19.2 Å². The number of carbonyl (C=O) groups excluding carboxylic acids is 4. The summed E-state index contributed by atoms with van der Waals surface area (Å²) < 4.78 is 13.1. The lowest BCUT2D eigenvalue weighted by atomic mass is 10.5. The molecule has 0 atom stereocenters. The van der Waals surface area contributed by atoms with Crippen molar-refractivity contribution >= 4 is 24.2 Å². The van der Waals surface area contributed by atoms with Crippen LogP contribution in [0.15, 0.2) is 0 Å². The third kappa shape index (κ3) is 30.0. The van der Waals surface area contributed by atoms with Gasteiger partial charge in [-0.05, 0) is 0 Å². The molecular weight excluding hydrogens is 396 g/mol.